The number of benzene rings is 1. The number of nitrogens with zero attached hydrogens (tertiary/aromatic N) is 2. The van der Waals surface area contributed by atoms with E-state index in [1.54, 1.807) is 20.1 Å². The van der Waals surface area contributed by atoms with Crippen molar-refractivity contribution >= 4 is 22.8 Å². The molecule has 0 radical (unpaired) electrons. The Balaban J connectivity index is 1.91. The summed E-state index contributed by atoms with van der Waals surface area (Å²) in [4.78, 5) is 0. The Hall–Kier alpha value is -2.28. The number of halogens is 3. The summed E-state index contributed by atoms with van der Waals surface area (Å²) in [5.74, 6) is 0.517. The molecule has 0 amide bonds. The Kier molecular flexibility index (Phi) is 6.91. The fraction of sp³-hybridized carbons (Fsp3) is 0.444. The molecule has 1 fully saturated rings. The Morgan fingerprint density at radius 2 is 2.07 bits per heavy atom. The minimum atomic E-state index is -4.61. The average molecular weight is 444 g/mol. The molecule has 3 unspecified atom stereocenters. The Morgan fingerprint density at radius 1 is 1.30 bits per heavy atom. The number of hydrogen-bond donors (Lipinski definition) is 3. The van der Waals surface area contributed by atoms with Gasteiger partial charge in [-0.1, -0.05) is 6.07 Å². The summed E-state index contributed by atoms with van der Waals surface area (Å²) in [6.45, 7) is 3.32. The molecule has 2 heterocycles. The number of piperidine rings is 1. The normalized spacial score (nSPS) is 20.6. The van der Waals surface area contributed by atoms with Crippen molar-refractivity contribution in [1.82, 2.24) is 15.5 Å². The maximum atomic E-state index is 13.0. The van der Waals surface area contributed by atoms with Crippen LogP contribution in [-0.4, -0.2) is 51.3 Å². The number of rotatable bonds is 6. The third-order valence-electron chi connectivity index (χ3n) is 4.84. The molecule has 1 aromatic carbocycles. The molecule has 3 N–H and O–H groups in total. The van der Waals surface area contributed by atoms with Crippen LogP contribution in [0.3, 0.4) is 0 Å². The molecule has 3 rings (SSSR count). The zero-order valence-electron chi connectivity index (χ0n) is 16.2. The van der Waals surface area contributed by atoms with Gasteiger partial charge in [-0.05, 0) is 43.7 Å². The van der Waals surface area contributed by atoms with Gasteiger partial charge in [0.1, 0.15) is 0 Å². The minimum absolute atomic E-state index is 0.00451. The van der Waals surface area contributed by atoms with Gasteiger partial charge in [0.2, 0.25) is 0 Å². The number of anilines is 2. The van der Waals surface area contributed by atoms with Gasteiger partial charge in [0.15, 0.2) is 5.82 Å². The smallest absolute Gasteiger partial charge is 0.416 e. The summed E-state index contributed by atoms with van der Waals surface area (Å²) in [5.41, 5.74) is -0.0798. The van der Waals surface area contributed by atoms with Crippen molar-refractivity contribution in [2.45, 2.75) is 31.7 Å². The molecule has 12 heteroatoms. The summed E-state index contributed by atoms with van der Waals surface area (Å²) in [6.07, 6.45) is -3.77. The van der Waals surface area contributed by atoms with E-state index in [0.717, 1.165) is 25.1 Å². The molecule has 1 aliphatic heterocycles. The van der Waals surface area contributed by atoms with E-state index >= 15 is 0 Å². The molecular weight excluding hydrogens is 423 g/mol. The highest BCUT2D eigenvalue weighted by Crippen LogP contribution is 2.36. The second kappa shape index (κ2) is 9.25. The van der Waals surface area contributed by atoms with Crippen LogP contribution in [-0.2, 0) is 22.2 Å². The monoisotopic (exact) mass is 444 g/mol. The molecule has 0 aliphatic carbocycles. The first kappa shape index (κ1) is 22.4. The summed E-state index contributed by atoms with van der Waals surface area (Å²) in [7, 11) is 1.64. The summed E-state index contributed by atoms with van der Waals surface area (Å²) in [5, 5.41) is 14.8. The molecule has 164 valence electrons. The van der Waals surface area contributed by atoms with Crippen molar-refractivity contribution in [2.75, 3.05) is 30.2 Å². The van der Waals surface area contributed by atoms with Crippen LogP contribution in [0.25, 0.3) is 11.3 Å². The molecular formula is C18H21F3N5O3S-. The van der Waals surface area contributed by atoms with Crippen LogP contribution in [0.4, 0.5) is 24.7 Å². The summed E-state index contributed by atoms with van der Waals surface area (Å²) in [6, 6.07) is 4.38. The Labute approximate surface area is 174 Å². The van der Waals surface area contributed by atoms with E-state index in [0.29, 0.717) is 17.9 Å². The van der Waals surface area contributed by atoms with Gasteiger partial charge in [-0.3, -0.25) is 4.21 Å². The maximum Gasteiger partial charge on any atom is 0.416 e. The highest BCUT2D eigenvalue weighted by Gasteiger charge is 2.31. The van der Waals surface area contributed by atoms with Gasteiger partial charge in [-0.2, -0.15) is 13.2 Å². The van der Waals surface area contributed by atoms with Crippen molar-refractivity contribution in [1.29, 1.82) is 0 Å². The lowest BCUT2D eigenvalue weighted by Gasteiger charge is -2.32. The van der Waals surface area contributed by atoms with E-state index in [1.165, 1.54) is 6.07 Å². The Morgan fingerprint density at radius 3 is 2.70 bits per heavy atom. The van der Waals surface area contributed by atoms with E-state index < -0.39 is 23.0 Å². The van der Waals surface area contributed by atoms with Crippen molar-refractivity contribution in [3.63, 3.8) is 0 Å². The highest BCUT2D eigenvalue weighted by molar-refractivity contribution is 7.80. The molecule has 1 aromatic heterocycles. The molecule has 0 spiro atoms. The van der Waals surface area contributed by atoms with Crippen LogP contribution in [0.15, 0.2) is 24.3 Å². The largest absolute Gasteiger partial charge is 0.755 e. The SMILES string of the molecule is COC1CCNCC1Nc1nnc(-c2ccc(C(F)(F)F)cc2NS(=O)[O-])cc1C. The first-order valence-electron chi connectivity index (χ1n) is 9.11. The second-order valence-electron chi connectivity index (χ2n) is 6.87. The third kappa shape index (κ3) is 5.25. The fourth-order valence-corrected chi connectivity index (χ4v) is 3.66. The molecule has 0 saturated carbocycles. The highest BCUT2D eigenvalue weighted by atomic mass is 32.2. The van der Waals surface area contributed by atoms with Gasteiger partial charge in [-0.25, -0.2) is 0 Å². The lowest BCUT2D eigenvalue weighted by Crippen LogP contribution is -2.49. The van der Waals surface area contributed by atoms with E-state index in [-0.39, 0.29) is 29.1 Å². The number of methoxy groups -OCH3 is 1. The van der Waals surface area contributed by atoms with Crippen molar-refractivity contribution < 1.29 is 26.7 Å². The van der Waals surface area contributed by atoms with Crippen molar-refractivity contribution in [3.8, 4) is 11.3 Å². The average Bonchev–Trinajstić information content (AvgIpc) is 2.69. The number of ether oxygens (including phenoxy) is 1. The Bertz CT molecular complexity index is 928. The van der Waals surface area contributed by atoms with E-state index in [9.17, 15) is 21.9 Å². The number of nitrogens with one attached hydrogen (secondary N) is 3. The van der Waals surface area contributed by atoms with Crippen LogP contribution < -0.4 is 15.4 Å². The van der Waals surface area contributed by atoms with Crippen molar-refractivity contribution in [3.05, 3.63) is 35.4 Å². The van der Waals surface area contributed by atoms with Crippen LogP contribution in [0.5, 0.6) is 0 Å². The molecule has 0 bridgehead atoms. The zero-order chi connectivity index (χ0) is 21.9. The van der Waals surface area contributed by atoms with Gasteiger partial charge >= 0.3 is 6.18 Å². The summed E-state index contributed by atoms with van der Waals surface area (Å²) >= 11 is -2.80. The van der Waals surface area contributed by atoms with Crippen molar-refractivity contribution in [2.24, 2.45) is 0 Å². The zero-order valence-corrected chi connectivity index (χ0v) is 17.1. The van der Waals surface area contributed by atoms with Gasteiger partial charge in [-0.15, -0.1) is 10.2 Å². The van der Waals surface area contributed by atoms with E-state index in [2.05, 4.69) is 20.8 Å². The molecule has 1 saturated heterocycles. The first-order chi connectivity index (χ1) is 14.2. The van der Waals surface area contributed by atoms with Crippen LogP contribution in [0, 0.1) is 6.92 Å². The lowest BCUT2D eigenvalue weighted by molar-refractivity contribution is -0.137. The second-order valence-corrected chi connectivity index (χ2v) is 7.55. The van der Waals surface area contributed by atoms with E-state index in [1.807, 2.05) is 4.72 Å². The quantitative estimate of drug-likeness (QED) is 0.587. The molecule has 2 aromatic rings. The first-order valence-corrected chi connectivity index (χ1v) is 10.2. The van der Waals surface area contributed by atoms with Gasteiger partial charge in [0, 0.05) is 30.5 Å². The van der Waals surface area contributed by atoms with Gasteiger partial charge < -0.3 is 24.6 Å². The predicted molar refractivity (Wildman–Crippen MR) is 105 cm³/mol. The number of alkyl halides is 3. The maximum absolute atomic E-state index is 13.0. The number of hydrogen-bond acceptors (Lipinski definition) is 7. The fourth-order valence-electron chi connectivity index (χ4n) is 3.31. The van der Waals surface area contributed by atoms with E-state index in [4.69, 9.17) is 4.74 Å². The van der Waals surface area contributed by atoms with Crippen LogP contribution in [0.2, 0.25) is 0 Å². The molecule has 1 aliphatic rings. The lowest BCUT2D eigenvalue weighted by atomic mass is 10.0. The molecule has 30 heavy (non-hydrogen) atoms. The van der Waals surface area contributed by atoms with Gasteiger partial charge in [0.05, 0.1) is 29.1 Å². The standard InChI is InChI=1S/C18H22F3N5O3S/c1-10-7-13(24-25-17(10)23-15-9-22-6-5-16(15)29-2)12-4-3-11(18(19,20)21)8-14(12)26-30(27)28/h3-4,7-8,15-16,22,26H,5-6,9H2,1-2H3,(H,23,25)(H,27,28)/p-1. The molecule has 8 nitrogen and oxygen atoms in total. The number of aryl methyl sites for hydroxylation is 1. The minimum Gasteiger partial charge on any atom is -0.755 e. The number of aromatic nitrogens is 2. The molecule has 3 atom stereocenters. The van der Waals surface area contributed by atoms with Crippen LogP contribution in [0.1, 0.15) is 17.5 Å². The topological polar surface area (TPSA) is 111 Å². The summed E-state index contributed by atoms with van der Waals surface area (Å²) < 4.78 is 68.6. The third-order valence-corrected chi connectivity index (χ3v) is 5.23. The van der Waals surface area contributed by atoms with Gasteiger partial charge in [0.25, 0.3) is 0 Å². The van der Waals surface area contributed by atoms with Crippen LogP contribution >= 0.6 is 0 Å². The predicted octanol–water partition coefficient (Wildman–Crippen LogP) is 2.47.